The van der Waals surface area contributed by atoms with Gasteiger partial charge in [0.2, 0.25) is 0 Å². The Labute approximate surface area is 122 Å². The zero-order chi connectivity index (χ0) is 14.0. The van der Waals surface area contributed by atoms with Gasteiger partial charge in [-0.15, -0.1) is 11.3 Å². The van der Waals surface area contributed by atoms with E-state index in [9.17, 15) is 5.11 Å². The van der Waals surface area contributed by atoms with Crippen LogP contribution in [0.1, 0.15) is 23.2 Å². The second-order valence-corrected chi connectivity index (χ2v) is 7.05. The lowest BCUT2D eigenvalue weighted by Crippen LogP contribution is -2.37. The molecule has 0 aliphatic rings. The molecular formula is C13H21N3OS2. The molecule has 2 N–H and O–H groups in total. The minimum absolute atomic E-state index is 0.202. The molecule has 4 nitrogen and oxygen atoms in total. The summed E-state index contributed by atoms with van der Waals surface area (Å²) in [6.45, 7) is 7.25. The topological polar surface area (TPSA) is 49.6 Å². The molecule has 2 aromatic heterocycles. The molecule has 0 radical (unpaired) electrons. The lowest BCUT2D eigenvalue weighted by molar-refractivity contribution is 0.275. The lowest BCUT2D eigenvalue weighted by atomic mass is 10.2. The van der Waals surface area contributed by atoms with Gasteiger partial charge in [-0.05, 0) is 27.0 Å². The van der Waals surface area contributed by atoms with Crippen LogP contribution >= 0.6 is 23.1 Å². The number of aliphatic hydroxyl groups excluding tert-OH is 1. The SMILES string of the molecule is CSC(CO)C(C)NCc1c(C)nc2sc(C)cn12. The van der Waals surface area contributed by atoms with Crippen LogP contribution in [0.3, 0.4) is 0 Å². The normalized spacial score (nSPS) is 15.0. The lowest BCUT2D eigenvalue weighted by Gasteiger charge is -2.21. The van der Waals surface area contributed by atoms with Gasteiger partial charge in [0.25, 0.3) is 0 Å². The third kappa shape index (κ3) is 3.13. The van der Waals surface area contributed by atoms with E-state index in [4.69, 9.17) is 0 Å². The van der Waals surface area contributed by atoms with E-state index in [1.54, 1.807) is 23.1 Å². The standard InChI is InChI=1S/C13H21N3OS2/c1-8-6-16-11(9(2)15-13(16)19-8)5-14-10(3)12(7-17)18-4/h6,10,12,14,17H,5,7H2,1-4H3. The summed E-state index contributed by atoms with van der Waals surface area (Å²) >= 11 is 3.41. The van der Waals surface area contributed by atoms with E-state index in [2.05, 4.69) is 41.7 Å². The van der Waals surface area contributed by atoms with Crippen molar-refractivity contribution >= 4 is 28.1 Å². The van der Waals surface area contributed by atoms with Gasteiger partial charge in [0.15, 0.2) is 4.96 Å². The summed E-state index contributed by atoms with van der Waals surface area (Å²) in [5.41, 5.74) is 2.29. The van der Waals surface area contributed by atoms with E-state index in [-0.39, 0.29) is 17.9 Å². The Hall–Kier alpha value is -0.560. The number of nitrogens with zero attached hydrogens (tertiary/aromatic N) is 2. The Kier molecular flexibility index (Phi) is 4.89. The van der Waals surface area contributed by atoms with Gasteiger partial charge in [0.05, 0.1) is 18.0 Å². The summed E-state index contributed by atoms with van der Waals surface area (Å²) < 4.78 is 2.17. The number of aromatic nitrogens is 2. The second kappa shape index (κ2) is 6.26. The Balaban J connectivity index is 2.10. The van der Waals surface area contributed by atoms with Crippen molar-refractivity contribution in [2.75, 3.05) is 12.9 Å². The molecule has 0 aliphatic carbocycles. The number of aliphatic hydroxyl groups is 1. The summed E-state index contributed by atoms with van der Waals surface area (Å²) in [6, 6.07) is 0.268. The summed E-state index contributed by atoms with van der Waals surface area (Å²) in [7, 11) is 0. The van der Waals surface area contributed by atoms with Gasteiger partial charge in [0.1, 0.15) is 0 Å². The molecule has 2 unspecified atom stereocenters. The summed E-state index contributed by atoms with van der Waals surface area (Å²) in [4.78, 5) is 6.91. The molecule has 0 spiro atoms. The molecule has 2 aromatic rings. The fourth-order valence-electron chi connectivity index (χ4n) is 2.15. The molecule has 0 bridgehead atoms. The molecule has 0 aromatic carbocycles. The molecule has 2 rings (SSSR count). The van der Waals surface area contributed by atoms with Crippen LogP contribution in [-0.4, -0.2) is 38.6 Å². The molecule has 106 valence electrons. The largest absolute Gasteiger partial charge is 0.395 e. The molecule has 0 fully saturated rings. The second-order valence-electron chi connectivity index (χ2n) is 4.76. The third-order valence-electron chi connectivity index (χ3n) is 3.37. The maximum atomic E-state index is 9.31. The van der Waals surface area contributed by atoms with Gasteiger partial charge in [-0.3, -0.25) is 4.40 Å². The molecule has 0 saturated heterocycles. The third-order valence-corrected chi connectivity index (χ3v) is 5.43. The summed E-state index contributed by atoms with van der Waals surface area (Å²) in [6.07, 6.45) is 4.17. The van der Waals surface area contributed by atoms with Gasteiger partial charge in [0, 0.05) is 28.9 Å². The first kappa shape index (κ1) is 14.8. The van der Waals surface area contributed by atoms with Crippen LogP contribution in [0.15, 0.2) is 6.20 Å². The van der Waals surface area contributed by atoms with Gasteiger partial charge in [-0.25, -0.2) is 4.98 Å². The Morgan fingerprint density at radius 2 is 2.26 bits per heavy atom. The van der Waals surface area contributed by atoms with Crippen molar-refractivity contribution in [2.24, 2.45) is 0 Å². The highest BCUT2D eigenvalue weighted by molar-refractivity contribution is 7.99. The van der Waals surface area contributed by atoms with E-state index >= 15 is 0 Å². The van der Waals surface area contributed by atoms with Gasteiger partial charge in [-0.2, -0.15) is 11.8 Å². The van der Waals surface area contributed by atoms with Gasteiger partial charge < -0.3 is 10.4 Å². The number of rotatable bonds is 6. The van der Waals surface area contributed by atoms with Crippen molar-refractivity contribution in [3.63, 3.8) is 0 Å². The highest BCUT2D eigenvalue weighted by atomic mass is 32.2. The van der Waals surface area contributed by atoms with E-state index in [0.717, 1.165) is 17.2 Å². The van der Waals surface area contributed by atoms with Crippen LogP contribution in [0, 0.1) is 13.8 Å². The average molecular weight is 299 g/mol. The minimum atomic E-state index is 0.202. The Morgan fingerprint density at radius 1 is 1.53 bits per heavy atom. The molecule has 2 heterocycles. The van der Waals surface area contributed by atoms with Crippen LogP contribution in [-0.2, 0) is 6.54 Å². The maximum Gasteiger partial charge on any atom is 0.194 e. The van der Waals surface area contributed by atoms with Crippen molar-refractivity contribution in [1.82, 2.24) is 14.7 Å². The van der Waals surface area contributed by atoms with E-state index < -0.39 is 0 Å². The molecule has 0 saturated carbocycles. The number of thioether (sulfide) groups is 1. The fourth-order valence-corrected chi connectivity index (χ4v) is 3.69. The maximum absolute atomic E-state index is 9.31. The molecule has 0 aliphatic heterocycles. The first-order valence-electron chi connectivity index (χ1n) is 6.37. The van der Waals surface area contributed by atoms with Crippen LogP contribution in [0.25, 0.3) is 4.96 Å². The molecule has 0 amide bonds. The predicted molar refractivity (Wildman–Crippen MR) is 83.2 cm³/mol. The number of aryl methyl sites for hydroxylation is 2. The van der Waals surface area contributed by atoms with Crippen molar-refractivity contribution in [2.45, 2.75) is 38.6 Å². The van der Waals surface area contributed by atoms with E-state index in [0.29, 0.717) is 0 Å². The highest BCUT2D eigenvalue weighted by Gasteiger charge is 2.16. The van der Waals surface area contributed by atoms with Crippen molar-refractivity contribution in [1.29, 1.82) is 0 Å². The van der Waals surface area contributed by atoms with Crippen LogP contribution in [0.2, 0.25) is 0 Å². The minimum Gasteiger partial charge on any atom is -0.395 e. The van der Waals surface area contributed by atoms with Crippen molar-refractivity contribution in [3.05, 3.63) is 22.5 Å². The summed E-state index contributed by atoms with van der Waals surface area (Å²) in [5, 5.41) is 13.0. The number of fused-ring (bicyclic) bond motifs is 1. The molecule has 19 heavy (non-hydrogen) atoms. The van der Waals surface area contributed by atoms with Gasteiger partial charge in [-0.1, -0.05) is 0 Å². The zero-order valence-electron chi connectivity index (χ0n) is 11.8. The molecule has 6 heteroatoms. The van der Waals surface area contributed by atoms with E-state index in [1.807, 2.05) is 6.26 Å². The Morgan fingerprint density at radius 3 is 2.89 bits per heavy atom. The fraction of sp³-hybridized carbons (Fsp3) is 0.615. The quantitative estimate of drug-likeness (QED) is 0.859. The first-order chi connectivity index (χ1) is 9.06. The monoisotopic (exact) mass is 299 g/mol. The zero-order valence-corrected chi connectivity index (χ0v) is 13.4. The predicted octanol–water partition coefficient (Wildman–Crippen LogP) is 2.21. The number of thiazole rings is 1. The number of imidazole rings is 1. The van der Waals surface area contributed by atoms with E-state index in [1.165, 1.54) is 10.6 Å². The Bertz CT molecular complexity index is 545. The van der Waals surface area contributed by atoms with Crippen LogP contribution < -0.4 is 5.32 Å². The van der Waals surface area contributed by atoms with Gasteiger partial charge >= 0.3 is 0 Å². The number of hydrogen-bond donors (Lipinski definition) is 2. The van der Waals surface area contributed by atoms with Crippen LogP contribution in [0.5, 0.6) is 0 Å². The summed E-state index contributed by atoms with van der Waals surface area (Å²) in [5.74, 6) is 0. The number of hydrogen-bond acceptors (Lipinski definition) is 5. The van der Waals surface area contributed by atoms with Crippen LogP contribution in [0.4, 0.5) is 0 Å². The van der Waals surface area contributed by atoms with Crippen molar-refractivity contribution < 1.29 is 5.11 Å². The first-order valence-corrected chi connectivity index (χ1v) is 8.48. The highest BCUT2D eigenvalue weighted by Crippen LogP contribution is 2.21. The van der Waals surface area contributed by atoms with Crippen molar-refractivity contribution in [3.8, 4) is 0 Å². The smallest absolute Gasteiger partial charge is 0.194 e. The molecule has 2 atom stereocenters. The average Bonchev–Trinajstić information content (AvgIpc) is 2.84. The molecular weight excluding hydrogens is 278 g/mol. The number of nitrogens with one attached hydrogen (secondary N) is 1.